The molecule has 0 radical (unpaired) electrons. The largest absolute Gasteiger partial charge is 0.490 e. The molecule has 0 aliphatic carbocycles. The second-order valence-electron chi connectivity index (χ2n) is 5.80. The molecule has 1 aromatic heterocycles. The molecule has 0 saturated carbocycles. The molecule has 1 aromatic carbocycles. The van der Waals surface area contributed by atoms with Gasteiger partial charge in [0, 0.05) is 25.9 Å². The van der Waals surface area contributed by atoms with Crippen LogP contribution in [0.25, 0.3) is 0 Å². The number of nitrogens with zero attached hydrogens (tertiary/aromatic N) is 2. The summed E-state index contributed by atoms with van der Waals surface area (Å²) in [6.07, 6.45) is -2.13. The fourth-order valence-corrected chi connectivity index (χ4v) is 3.64. The molecule has 1 aliphatic heterocycles. The van der Waals surface area contributed by atoms with E-state index in [1.54, 1.807) is 0 Å². The van der Waals surface area contributed by atoms with Gasteiger partial charge in [-0.1, -0.05) is 23.5 Å². The van der Waals surface area contributed by atoms with Crippen molar-refractivity contribution in [1.82, 2.24) is 4.98 Å². The van der Waals surface area contributed by atoms with Crippen LogP contribution in [0.1, 0.15) is 28.1 Å². The Balaban J connectivity index is 1.61. The van der Waals surface area contributed by atoms with Crippen LogP contribution in [-0.4, -0.2) is 37.3 Å². The van der Waals surface area contributed by atoms with E-state index in [1.165, 1.54) is 42.8 Å². The van der Waals surface area contributed by atoms with Crippen LogP contribution in [0.4, 0.5) is 18.3 Å². The van der Waals surface area contributed by atoms with Gasteiger partial charge in [-0.3, -0.25) is 0 Å². The Morgan fingerprint density at radius 3 is 2.62 bits per heavy atom. The molecule has 0 unspecified atom stereocenters. The predicted molar refractivity (Wildman–Crippen MR) is 90.8 cm³/mol. The molecule has 1 aliphatic rings. The predicted octanol–water partition coefficient (Wildman–Crippen LogP) is 4.00. The summed E-state index contributed by atoms with van der Waals surface area (Å²) in [5.41, 5.74) is -0.759. The second-order valence-corrected chi connectivity index (χ2v) is 6.81. The number of carbonyl (C=O) groups is 1. The Hall–Kier alpha value is -2.29. The molecule has 0 amide bonds. The van der Waals surface area contributed by atoms with E-state index < -0.39 is 17.7 Å². The lowest BCUT2D eigenvalue weighted by atomic mass is 10.1. The standard InChI is InChI=1S/C17H17F3N2O3S/c1-24-15(23)14-10-21-16(26-14)22-8-6-11(7-9-22)25-13-5-3-2-4-12(13)17(18,19)20/h2-5,10-11H,6-9H2,1H3. The summed E-state index contributed by atoms with van der Waals surface area (Å²) in [6.45, 7) is 1.18. The monoisotopic (exact) mass is 386 g/mol. The number of anilines is 1. The lowest BCUT2D eigenvalue weighted by molar-refractivity contribution is -0.139. The van der Waals surface area contributed by atoms with Crippen molar-refractivity contribution in [2.24, 2.45) is 0 Å². The van der Waals surface area contributed by atoms with Crippen molar-refractivity contribution in [1.29, 1.82) is 0 Å². The van der Waals surface area contributed by atoms with Gasteiger partial charge < -0.3 is 14.4 Å². The first-order chi connectivity index (χ1) is 12.4. The number of piperidine rings is 1. The van der Waals surface area contributed by atoms with Crippen LogP contribution in [0.15, 0.2) is 30.5 Å². The number of halogens is 3. The molecule has 1 saturated heterocycles. The van der Waals surface area contributed by atoms with Gasteiger partial charge in [-0.05, 0) is 12.1 Å². The van der Waals surface area contributed by atoms with E-state index in [4.69, 9.17) is 4.74 Å². The van der Waals surface area contributed by atoms with E-state index in [0.29, 0.717) is 35.9 Å². The first-order valence-corrected chi connectivity index (χ1v) is 8.82. The third kappa shape index (κ3) is 4.09. The van der Waals surface area contributed by atoms with Gasteiger partial charge in [0.1, 0.15) is 16.7 Å². The van der Waals surface area contributed by atoms with Gasteiger partial charge in [0.25, 0.3) is 0 Å². The van der Waals surface area contributed by atoms with E-state index >= 15 is 0 Å². The number of thiazole rings is 1. The Morgan fingerprint density at radius 1 is 1.27 bits per heavy atom. The van der Waals surface area contributed by atoms with Crippen molar-refractivity contribution in [2.75, 3.05) is 25.1 Å². The van der Waals surface area contributed by atoms with Crippen LogP contribution >= 0.6 is 11.3 Å². The first kappa shape index (κ1) is 18.5. The zero-order chi connectivity index (χ0) is 18.7. The Bertz CT molecular complexity index is 771. The van der Waals surface area contributed by atoms with Crippen LogP contribution in [0, 0.1) is 0 Å². The van der Waals surface area contributed by atoms with Gasteiger partial charge >= 0.3 is 12.1 Å². The number of esters is 1. The molecule has 26 heavy (non-hydrogen) atoms. The summed E-state index contributed by atoms with van der Waals surface area (Å²) in [4.78, 5) is 18.1. The van der Waals surface area contributed by atoms with Gasteiger partial charge in [0.05, 0.1) is 18.9 Å². The highest BCUT2D eigenvalue weighted by Crippen LogP contribution is 2.37. The molecule has 0 atom stereocenters. The minimum absolute atomic E-state index is 0.138. The molecule has 3 rings (SSSR count). The Labute approximate surface area is 152 Å². The zero-order valence-electron chi connectivity index (χ0n) is 14.0. The maximum Gasteiger partial charge on any atom is 0.419 e. The van der Waals surface area contributed by atoms with Gasteiger partial charge in [-0.15, -0.1) is 0 Å². The third-order valence-corrected chi connectivity index (χ3v) is 5.12. The van der Waals surface area contributed by atoms with Crippen molar-refractivity contribution in [3.05, 3.63) is 40.9 Å². The highest BCUT2D eigenvalue weighted by atomic mass is 32.1. The molecule has 5 nitrogen and oxygen atoms in total. The number of aromatic nitrogens is 1. The van der Waals surface area contributed by atoms with E-state index in [9.17, 15) is 18.0 Å². The number of alkyl halides is 3. The summed E-state index contributed by atoms with van der Waals surface area (Å²) in [5.74, 6) is -0.573. The SMILES string of the molecule is COC(=O)c1cnc(N2CCC(Oc3ccccc3C(F)(F)F)CC2)s1. The number of ether oxygens (including phenoxy) is 2. The molecular weight excluding hydrogens is 369 g/mol. The van der Waals surface area contributed by atoms with Gasteiger partial charge in [-0.25, -0.2) is 9.78 Å². The summed E-state index contributed by atoms with van der Waals surface area (Å²) in [6, 6.07) is 5.25. The van der Waals surface area contributed by atoms with E-state index in [2.05, 4.69) is 9.72 Å². The molecule has 0 N–H and O–H groups in total. The smallest absolute Gasteiger partial charge is 0.419 e. The van der Waals surface area contributed by atoms with E-state index in [1.807, 2.05) is 4.90 Å². The lowest BCUT2D eigenvalue weighted by Crippen LogP contribution is -2.38. The number of hydrogen-bond acceptors (Lipinski definition) is 6. The fourth-order valence-electron chi connectivity index (χ4n) is 2.75. The Kier molecular flexibility index (Phi) is 5.36. The summed E-state index contributed by atoms with van der Waals surface area (Å²) in [5, 5.41) is 0.694. The van der Waals surface area contributed by atoms with Gasteiger partial charge in [-0.2, -0.15) is 13.2 Å². The molecule has 140 valence electrons. The average molecular weight is 386 g/mol. The average Bonchev–Trinajstić information content (AvgIpc) is 3.11. The molecule has 2 aromatic rings. The maximum atomic E-state index is 13.0. The van der Waals surface area contributed by atoms with Crippen molar-refractivity contribution in [3.8, 4) is 5.75 Å². The van der Waals surface area contributed by atoms with Crippen LogP contribution in [0.5, 0.6) is 5.75 Å². The number of carbonyl (C=O) groups excluding carboxylic acids is 1. The lowest BCUT2D eigenvalue weighted by Gasteiger charge is -2.32. The topological polar surface area (TPSA) is 51.7 Å². The van der Waals surface area contributed by atoms with Gasteiger partial charge in [0.15, 0.2) is 5.13 Å². The summed E-state index contributed by atoms with van der Waals surface area (Å²) in [7, 11) is 1.31. The molecular formula is C17H17F3N2O3S. The van der Waals surface area contributed by atoms with Crippen LogP contribution in [-0.2, 0) is 10.9 Å². The maximum absolute atomic E-state index is 13.0. The molecule has 2 heterocycles. The highest BCUT2D eigenvalue weighted by molar-refractivity contribution is 7.17. The van der Waals surface area contributed by atoms with Crippen molar-refractivity contribution >= 4 is 22.4 Å². The van der Waals surface area contributed by atoms with Crippen molar-refractivity contribution in [3.63, 3.8) is 0 Å². The number of para-hydroxylation sites is 1. The number of benzene rings is 1. The fraction of sp³-hybridized carbons (Fsp3) is 0.412. The van der Waals surface area contributed by atoms with Crippen LogP contribution < -0.4 is 9.64 Å². The quantitative estimate of drug-likeness (QED) is 0.744. The second kappa shape index (κ2) is 7.53. The van der Waals surface area contributed by atoms with E-state index in [-0.39, 0.29) is 11.9 Å². The molecule has 0 bridgehead atoms. The summed E-state index contributed by atoms with van der Waals surface area (Å²) < 4.78 is 49.4. The number of rotatable bonds is 4. The van der Waals surface area contributed by atoms with E-state index in [0.717, 1.165) is 6.07 Å². The number of methoxy groups -OCH3 is 1. The Morgan fingerprint density at radius 2 is 1.96 bits per heavy atom. The van der Waals surface area contributed by atoms with Crippen molar-refractivity contribution < 1.29 is 27.4 Å². The molecule has 0 spiro atoms. The van der Waals surface area contributed by atoms with Gasteiger partial charge in [0.2, 0.25) is 0 Å². The zero-order valence-corrected chi connectivity index (χ0v) is 14.8. The highest BCUT2D eigenvalue weighted by Gasteiger charge is 2.35. The molecule has 9 heteroatoms. The third-order valence-electron chi connectivity index (χ3n) is 4.08. The molecule has 1 fully saturated rings. The summed E-state index contributed by atoms with van der Waals surface area (Å²) >= 11 is 1.23. The van der Waals surface area contributed by atoms with Crippen LogP contribution in [0.2, 0.25) is 0 Å². The number of hydrogen-bond donors (Lipinski definition) is 0. The minimum Gasteiger partial charge on any atom is -0.490 e. The van der Waals surface area contributed by atoms with Crippen LogP contribution in [0.3, 0.4) is 0 Å². The normalized spacial score (nSPS) is 15.8. The first-order valence-electron chi connectivity index (χ1n) is 8.00. The minimum atomic E-state index is -4.44. The van der Waals surface area contributed by atoms with Crippen molar-refractivity contribution in [2.45, 2.75) is 25.1 Å².